The van der Waals surface area contributed by atoms with Gasteiger partial charge in [0.25, 0.3) is 5.91 Å². The molecule has 13 heteroatoms. The Hall–Kier alpha value is -4.59. The van der Waals surface area contributed by atoms with E-state index in [1.165, 1.54) is 12.1 Å². The van der Waals surface area contributed by atoms with Crippen LogP contribution in [0.4, 0.5) is 0 Å². The van der Waals surface area contributed by atoms with Gasteiger partial charge in [0.1, 0.15) is 11.5 Å². The number of nitrogens with two attached hydrogens (primary N) is 1. The molecule has 0 heterocycles. The summed E-state index contributed by atoms with van der Waals surface area (Å²) < 4.78 is 4.60. The smallest absolute Gasteiger partial charge is 0.330 e. The number of hydrogen-bond donors (Lipinski definition) is 6. The number of nitrogens with zero attached hydrogens (tertiary/aromatic N) is 1. The Morgan fingerprint density at radius 3 is 2.40 bits per heavy atom. The van der Waals surface area contributed by atoms with Crippen LogP contribution < -0.4 is 11.1 Å². The maximum Gasteiger partial charge on any atom is 0.330 e. The Morgan fingerprint density at radius 1 is 1.09 bits per heavy atom. The second-order valence-electron chi connectivity index (χ2n) is 11.5. The zero-order valence-electron chi connectivity index (χ0n) is 25.1. The van der Waals surface area contributed by atoms with E-state index in [-0.39, 0.29) is 41.9 Å². The molecule has 2 aromatic carbocycles. The highest BCUT2D eigenvalue weighted by molar-refractivity contribution is 6.17. The molecule has 2 aromatic rings. The van der Waals surface area contributed by atoms with Gasteiger partial charge in [0.2, 0.25) is 5.91 Å². The fraction of sp³-hybridized carbons (Fsp3) is 0.406. The van der Waals surface area contributed by atoms with Crippen LogP contribution in [-0.2, 0) is 30.3 Å². The molecule has 0 spiro atoms. The molecule has 45 heavy (non-hydrogen) atoms. The van der Waals surface area contributed by atoms with Gasteiger partial charge in [-0.3, -0.25) is 19.2 Å². The van der Waals surface area contributed by atoms with Crippen molar-refractivity contribution in [3.8, 4) is 16.9 Å². The summed E-state index contributed by atoms with van der Waals surface area (Å²) in [5.41, 5.74) is 7.00. The Kier molecular flexibility index (Phi) is 10.1. The van der Waals surface area contributed by atoms with Crippen LogP contribution in [-0.4, -0.2) is 101 Å². The minimum atomic E-state index is -1.33. The molecule has 0 bridgehead atoms. The average Bonchev–Trinajstić information content (AvgIpc) is 2.99. The number of rotatable bonds is 11. The maximum atomic E-state index is 14.0. The number of nitrogens with one attached hydrogen (secondary N) is 1. The van der Waals surface area contributed by atoms with Crippen molar-refractivity contribution in [2.75, 3.05) is 34.4 Å². The third-order valence-corrected chi connectivity index (χ3v) is 8.62. The van der Waals surface area contributed by atoms with Crippen molar-refractivity contribution in [3.05, 3.63) is 58.7 Å². The number of phenols is 1. The Labute approximate surface area is 259 Å². The number of aliphatic hydroxyl groups excluding tert-OH is 3. The molecule has 0 radical (unpaired) electrons. The number of amides is 2. The van der Waals surface area contributed by atoms with Gasteiger partial charge in [-0.15, -0.1) is 0 Å². The number of aliphatic hydroxyl groups is 3. The topological polar surface area (TPSA) is 217 Å². The van der Waals surface area contributed by atoms with Crippen LogP contribution in [0.5, 0.6) is 5.75 Å². The molecular weight excluding hydrogens is 586 g/mol. The molecule has 4 rings (SSSR count). The van der Waals surface area contributed by atoms with Gasteiger partial charge in [-0.1, -0.05) is 18.2 Å². The number of ketones is 2. The lowest BCUT2D eigenvalue weighted by molar-refractivity contribution is -0.144. The molecule has 13 nitrogen and oxygen atoms in total. The van der Waals surface area contributed by atoms with E-state index < -0.39 is 78.0 Å². The van der Waals surface area contributed by atoms with Crippen molar-refractivity contribution in [1.29, 1.82) is 0 Å². The van der Waals surface area contributed by atoms with Crippen molar-refractivity contribution in [1.82, 2.24) is 10.2 Å². The van der Waals surface area contributed by atoms with Crippen LogP contribution in [0.15, 0.2) is 42.0 Å². The van der Waals surface area contributed by atoms with Gasteiger partial charge in [-0.25, -0.2) is 4.79 Å². The Morgan fingerprint density at radius 2 is 1.80 bits per heavy atom. The van der Waals surface area contributed by atoms with Gasteiger partial charge >= 0.3 is 5.97 Å². The summed E-state index contributed by atoms with van der Waals surface area (Å²) in [6, 6.07) is 7.45. The largest absolute Gasteiger partial charge is 0.507 e. The molecular formula is C32H37N3O10. The van der Waals surface area contributed by atoms with E-state index in [2.05, 4.69) is 10.1 Å². The first-order chi connectivity index (χ1) is 21.3. The lowest BCUT2D eigenvalue weighted by Gasteiger charge is -2.43. The number of hydrogen-bond acceptors (Lipinski definition) is 11. The van der Waals surface area contributed by atoms with E-state index in [0.717, 1.165) is 7.11 Å². The second kappa shape index (κ2) is 13.6. The van der Waals surface area contributed by atoms with Crippen LogP contribution in [0.3, 0.4) is 0 Å². The summed E-state index contributed by atoms with van der Waals surface area (Å²) in [5, 5.41) is 44.5. The lowest BCUT2D eigenvalue weighted by Crippen LogP contribution is -2.51. The zero-order valence-corrected chi connectivity index (χ0v) is 25.1. The summed E-state index contributed by atoms with van der Waals surface area (Å²) in [6.45, 7) is -1.04. The van der Waals surface area contributed by atoms with Crippen LogP contribution in [0, 0.1) is 17.8 Å². The first-order valence-electron chi connectivity index (χ1n) is 14.3. The number of likely N-dealkylation sites (N-methyl/N-ethyl adjacent to an activating group) is 1. The minimum absolute atomic E-state index is 0.0128. The number of esters is 1. The molecule has 1 saturated carbocycles. The second-order valence-corrected chi connectivity index (χ2v) is 11.5. The fourth-order valence-electron chi connectivity index (χ4n) is 6.52. The quantitative estimate of drug-likeness (QED) is 0.148. The number of ether oxygens (including phenoxy) is 1. The van der Waals surface area contributed by atoms with E-state index in [1.54, 1.807) is 43.3 Å². The third kappa shape index (κ3) is 6.46. The van der Waals surface area contributed by atoms with Crippen molar-refractivity contribution >= 4 is 35.1 Å². The molecule has 1 fully saturated rings. The van der Waals surface area contributed by atoms with Crippen LogP contribution in [0.2, 0.25) is 0 Å². The van der Waals surface area contributed by atoms with E-state index in [1.807, 2.05) is 0 Å². The number of carbonyl (C=O) groups is 5. The Bertz CT molecular complexity index is 1570. The van der Waals surface area contributed by atoms with Crippen LogP contribution >= 0.6 is 0 Å². The first-order valence-corrected chi connectivity index (χ1v) is 14.3. The molecule has 5 unspecified atom stereocenters. The van der Waals surface area contributed by atoms with E-state index in [4.69, 9.17) is 5.73 Å². The number of benzene rings is 2. The zero-order chi connectivity index (χ0) is 33.2. The summed E-state index contributed by atoms with van der Waals surface area (Å²) in [4.78, 5) is 65.3. The number of primary amides is 1. The molecule has 0 aliphatic heterocycles. The highest BCUT2D eigenvalue weighted by atomic mass is 16.5. The van der Waals surface area contributed by atoms with Crippen LogP contribution in [0.1, 0.15) is 34.3 Å². The van der Waals surface area contributed by atoms with Gasteiger partial charge in [0.15, 0.2) is 17.6 Å². The molecule has 240 valence electrons. The summed E-state index contributed by atoms with van der Waals surface area (Å²) in [6.07, 6.45) is -0.295. The van der Waals surface area contributed by atoms with Crippen molar-refractivity contribution in [2.24, 2.45) is 23.5 Å². The molecule has 0 saturated heterocycles. The highest BCUT2D eigenvalue weighted by Crippen LogP contribution is 2.49. The maximum absolute atomic E-state index is 14.0. The highest BCUT2D eigenvalue weighted by Gasteiger charge is 2.50. The summed E-state index contributed by atoms with van der Waals surface area (Å²) in [5.74, 6) is -7.16. The van der Waals surface area contributed by atoms with Crippen molar-refractivity contribution in [3.63, 3.8) is 0 Å². The van der Waals surface area contributed by atoms with Gasteiger partial charge in [0, 0.05) is 17.2 Å². The fourth-order valence-corrected chi connectivity index (χ4v) is 6.52. The van der Waals surface area contributed by atoms with Gasteiger partial charge in [-0.2, -0.15) is 0 Å². The first kappa shape index (κ1) is 33.3. The molecule has 2 amide bonds. The average molecular weight is 624 g/mol. The number of allylic oxidation sites excluding steroid dienone is 1. The summed E-state index contributed by atoms with van der Waals surface area (Å²) in [7, 11) is 4.53. The standard InChI is InChI=1S/C32H37N3O10/c1-35(2)22(14-37)20-11-17-10-19-18(15-5-4-6-16(9-15)31(43)34-21(13-36)32(44)45-3)7-8-23(38)27(19)29(41)26(17)30(42)28(20)24(39)12-25(33)40/h4-9,17,20-22,28,36-38,41H,10-14H2,1-3H3,(H2,33,40)(H,34,43). The SMILES string of the molecule is COC(=O)C(CO)NC(=O)c1cccc(-c2ccc(O)c3c2CC2CC(C(CO)N(C)C)C(C(=O)CC(N)=O)C(=O)C2=C3O)c1. The lowest BCUT2D eigenvalue weighted by atomic mass is 9.62. The van der Waals surface area contributed by atoms with Crippen molar-refractivity contribution in [2.45, 2.75) is 31.3 Å². The van der Waals surface area contributed by atoms with E-state index in [9.17, 15) is 44.4 Å². The molecule has 5 atom stereocenters. The predicted octanol–water partition coefficient (Wildman–Crippen LogP) is 0.337. The molecule has 2 aliphatic carbocycles. The Balaban J connectivity index is 1.80. The number of carbonyl (C=O) groups excluding carboxylic acids is 5. The van der Waals surface area contributed by atoms with E-state index in [0.29, 0.717) is 16.7 Å². The monoisotopic (exact) mass is 623 g/mol. The number of phenolic OH excluding ortho intramolecular Hbond substituents is 1. The molecule has 0 aromatic heterocycles. The number of methoxy groups -OCH3 is 1. The van der Waals surface area contributed by atoms with Gasteiger partial charge in [-0.05, 0) is 73.7 Å². The van der Waals surface area contributed by atoms with Gasteiger partial charge < -0.3 is 41.1 Å². The summed E-state index contributed by atoms with van der Waals surface area (Å²) >= 11 is 0. The van der Waals surface area contributed by atoms with Gasteiger partial charge in [0.05, 0.1) is 38.2 Å². The van der Waals surface area contributed by atoms with Crippen LogP contribution in [0.25, 0.3) is 16.9 Å². The normalized spacial score (nSPS) is 20.6. The van der Waals surface area contributed by atoms with E-state index >= 15 is 0 Å². The molecule has 7 N–H and O–H groups in total. The number of fused-ring (bicyclic) bond motifs is 2. The van der Waals surface area contributed by atoms with Crippen molar-refractivity contribution < 1.29 is 49.1 Å². The number of Topliss-reactive ketones (excluding diaryl/α,β-unsaturated/α-hetero) is 2. The molecule has 2 aliphatic rings. The minimum Gasteiger partial charge on any atom is -0.507 e. The predicted molar refractivity (Wildman–Crippen MR) is 161 cm³/mol. The number of aromatic hydroxyl groups is 1. The third-order valence-electron chi connectivity index (χ3n) is 8.62.